The summed E-state index contributed by atoms with van der Waals surface area (Å²) in [5.41, 5.74) is 7.06. The molecule has 2 unspecified atom stereocenters. The Morgan fingerprint density at radius 2 is 2.00 bits per heavy atom. The Labute approximate surface area is 107 Å². The zero-order valence-corrected chi connectivity index (χ0v) is 12.0. The standard InChI is InChI=1S/C15H30N2/c1-4-13-7-5-6-8-15(13,11-16)17-10-9-14(2,3)12-17/h13H,4-12,16H2,1-3H3. The fraction of sp³-hybridized carbons (Fsp3) is 1.00. The lowest BCUT2D eigenvalue weighted by Gasteiger charge is -2.50. The summed E-state index contributed by atoms with van der Waals surface area (Å²) in [4.78, 5) is 2.75. The van der Waals surface area contributed by atoms with Crippen molar-refractivity contribution < 1.29 is 0 Å². The Morgan fingerprint density at radius 1 is 1.24 bits per heavy atom. The second-order valence-corrected chi connectivity index (χ2v) is 6.99. The summed E-state index contributed by atoms with van der Waals surface area (Å²) >= 11 is 0. The molecule has 0 aromatic heterocycles. The van der Waals surface area contributed by atoms with Crippen molar-refractivity contribution in [3.8, 4) is 0 Å². The first-order valence-electron chi connectivity index (χ1n) is 7.49. The summed E-state index contributed by atoms with van der Waals surface area (Å²) in [6.07, 6.45) is 8.16. The fourth-order valence-corrected chi connectivity index (χ4v) is 4.19. The van der Waals surface area contributed by atoms with E-state index in [1.54, 1.807) is 0 Å². The predicted octanol–water partition coefficient (Wildman–Crippen LogP) is 3.02. The number of hydrogen-bond donors (Lipinski definition) is 1. The molecule has 2 fully saturated rings. The van der Waals surface area contributed by atoms with Crippen LogP contribution in [0.1, 0.15) is 59.3 Å². The molecule has 1 saturated heterocycles. The zero-order chi connectivity index (χ0) is 12.5. The van der Waals surface area contributed by atoms with Crippen LogP contribution in [-0.2, 0) is 0 Å². The van der Waals surface area contributed by atoms with Crippen LogP contribution in [0.15, 0.2) is 0 Å². The van der Waals surface area contributed by atoms with E-state index in [1.807, 2.05) is 0 Å². The van der Waals surface area contributed by atoms with Crippen LogP contribution in [0.25, 0.3) is 0 Å². The van der Waals surface area contributed by atoms with Gasteiger partial charge < -0.3 is 5.73 Å². The van der Waals surface area contributed by atoms with Gasteiger partial charge in [-0.05, 0) is 37.1 Å². The van der Waals surface area contributed by atoms with E-state index < -0.39 is 0 Å². The molecule has 0 spiro atoms. The number of hydrogen-bond acceptors (Lipinski definition) is 2. The molecule has 0 aromatic carbocycles. The van der Waals surface area contributed by atoms with Gasteiger partial charge in [0.2, 0.25) is 0 Å². The molecule has 2 aliphatic rings. The monoisotopic (exact) mass is 238 g/mol. The Kier molecular flexibility index (Phi) is 3.84. The third kappa shape index (κ3) is 2.39. The van der Waals surface area contributed by atoms with Gasteiger partial charge in [-0.3, -0.25) is 4.90 Å². The van der Waals surface area contributed by atoms with E-state index in [4.69, 9.17) is 5.73 Å². The first-order valence-corrected chi connectivity index (χ1v) is 7.49. The van der Waals surface area contributed by atoms with Crippen LogP contribution in [-0.4, -0.2) is 30.1 Å². The summed E-state index contributed by atoms with van der Waals surface area (Å²) in [5.74, 6) is 0.829. The SMILES string of the molecule is CCC1CCCCC1(CN)N1CCC(C)(C)C1. The minimum absolute atomic E-state index is 0.334. The van der Waals surface area contributed by atoms with Crippen molar-refractivity contribution in [2.75, 3.05) is 19.6 Å². The van der Waals surface area contributed by atoms with Crippen LogP contribution >= 0.6 is 0 Å². The predicted molar refractivity (Wildman–Crippen MR) is 74.0 cm³/mol. The van der Waals surface area contributed by atoms with Crippen molar-refractivity contribution in [2.45, 2.75) is 64.8 Å². The van der Waals surface area contributed by atoms with Gasteiger partial charge >= 0.3 is 0 Å². The van der Waals surface area contributed by atoms with Crippen molar-refractivity contribution in [3.63, 3.8) is 0 Å². The fourth-order valence-electron chi connectivity index (χ4n) is 4.19. The molecule has 17 heavy (non-hydrogen) atoms. The van der Waals surface area contributed by atoms with Gasteiger partial charge in [-0.25, -0.2) is 0 Å². The normalized spacial score (nSPS) is 38.5. The average Bonchev–Trinajstić information content (AvgIpc) is 2.69. The molecule has 1 saturated carbocycles. The van der Waals surface area contributed by atoms with Crippen LogP contribution in [0.3, 0.4) is 0 Å². The second kappa shape index (κ2) is 4.89. The average molecular weight is 238 g/mol. The number of rotatable bonds is 3. The van der Waals surface area contributed by atoms with Gasteiger partial charge in [-0.2, -0.15) is 0 Å². The Bertz CT molecular complexity index is 262. The van der Waals surface area contributed by atoms with E-state index in [0.717, 1.165) is 12.5 Å². The first-order chi connectivity index (χ1) is 8.04. The second-order valence-electron chi connectivity index (χ2n) is 6.99. The lowest BCUT2D eigenvalue weighted by Crippen LogP contribution is -2.59. The lowest BCUT2D eigenvalue weighted by atomic mass is 9.70. The maximum absolute atomic E-state index is 6.23. The summed E-state index contributed by atoms with van der Waals surface area (Å²) in [6.45, 7) is 10.5. The molecule has 1 aliphatic carbocycles. The quantitative estimate of drug-likeness (QED) is 0.819. The molecule has 0 bridgehead atoms. The van der Waals surface area contributed by atoms with Gasteiger partial charge in [0.25, 0.3) is 0 Å². The van der Waals surface area contributed by atoms with Crippen LogP contribution < -0.4 is 5.73 Å². The third-order valence-electron chi connectivity index (χ3n) is 5.33. The molecule has 1 aliphatic heterocycles. The van der Waals surface area contributed by atoms with Gasteiger partial charge in [-0.1, -0.05) is 40.0 Å². The van der Waals surface area contributed by atoms with Gasteiger partial charge in [0.1, 0.15) is 0 Å². The molecule has 0 radical (unpaired) electrons. The molecule has 1 heterocycles. The summed E-state index contributed by atoms with van der Waals surface area (Å²) < 4.78 is 0. The van der Waals surface area contributed by atoms with Crippen molar-refractivity contribution in [3.05, 3.63) is 0 Å². The molecular formula is C15H30N2. The Balaban J connectivity index is 2.17. The molecule has 0 aromatic rings. The van der Waals surface area contributed by atoms with Gasteiger partial charge in [-0.15, -0.1) is 0 Å². The number of nitrogens with two attached hydrogens (primary N) is 1. The van der Waals surface area contributed by atoms with Gasteiger partial charge in [0, 0.05) is 18.6 Å². The van der Waals surface area contributed by atoms with Crippen LogP contribution in [0, 0.1) is 11.3 Å². The van der Waals surface area contributed by atoms with E-state index in [-0.39, 0.29) is 0 Å². The van der Waals surface area contributed by atoms with Crippen molar-refractivity contribution in [1.29, 1.82) is 0 Å². The molecule has 2 heteroatoms. The van der Waals surface area contributed by atoms with Crippen molar-refractivity contribution in [1.82, 2.24) is 4.90 Å². The molecule has 2 rings (SSSR count). The minimum atomic E-state index is 0.334. The topological polar surface area (TPSA) is 29.3 Å². The Hall–Kier alpha value is -0.0800. The van der Waals surface area contributed by atoms with Gasteiger partial charge in [0.15, 0.2) is 0 Å². The third-order valence-corrected chi connectivity index (χ3v) is 5.33. The van der Waals surface area contributed by atoms with E-state index >= 15 is 0 Å². The maximum atomic E-state index is 6.23. The largest absolute Gasteiger partial charge is 0.329 e. The molecule has 2 nitrogen and oxygen atoms in total. The minimum Gasteiger partial charge on any atom is -0.329 e. The summed E-state index contributed by atoms with van der Waals surface area (Å²) in [6, 6.07) is 0. The van der Waals surface area contributed by atoms with Crippen LogP contribution in [0.5, 0.6) is 0 Å². The molecule has 0 amide bonds. The highest BCUT2D eigenvalue weighted by Crippen LogP contribution is 2.44. The van der Waals surface area contributed by atoms with E-state index in [9.17, 15) is 0 Å². The summed E-state index contributed by atoms with van der Waals surface area (Å²) in [7, 11) is 0. The van der Waals surface area contributed by atoms with Crippen molar-refractivity contribution >= 4 is 0 Å². The Morgan fingerprint density at radius 3 is 2.53 bits per heavy atom. The van der Waals surface area contributed by atoms with E-state index in [0.29, 0.717) is 11.0 Å². The molecule has 2 N–H and O–H groups in total. The highest BCUT2D eigenvalue weighted by atomic mass is 15.2. The molecular weight excluding hydrogens is 208 g/mol. The summed E-state index contributed by atoms with van der Waals surface area (Å²) in [5, 5.41) is 0. The maximum Gasteiger partial charge on any atom is 0.0359 e. The van der Waals surface area contributed by atoms with E-state index in [2.05, 4.69) is 25.7 Å². The highest BCUT2D eigenvalue weighted by Gasteiger charge is 2.47. The zero-order valence-electron chi connectivity index (χ0n) is 12.0. The van der Waals surface area contributed by atoms with Crippen LogP contribution in [0.4, 0.5) is 0 Å². The number of nitrogens with zero attached hydrogens (tertiary/aromatic N) is 1. The smallest absolute Gasteiger partial charge is 0.0359 e. The van der Waals surface area contributed by atoms with Gasteiger partial charge in [0.05, 0.1) is 0 Å². The molecule has 100 valence electrons. The van der Waals surface area contributed by atoms with Crippen molar-refractivity contribution in [2.24, 2.45) is 17.1 Å². The lowest BCUT2D eigenvalue weighted by molar-refractivity contribution is 0.0151. The number of likely N-dealkylation sites (tertiary alicyclic amines) is 1. The van der Waals surface area contributed by atoms with Crippen LogP contribution in [0.2, 0.25) is 0 Å². The highest BCUT2D eigenvalue weighted by molar-refractivity contribution is 5.03. The molecule has 2 atom stereocenters. The van der Waals surface area contributed by atoms with E-state index in [1.165, 1.54) is 51.6 Å². The first kappa shape index (κ1) is 13.4.